The molecule has 20 heavy (non-hydrogen) atoms. The van der Waals surface area contributed by atoms with Crippen LogP contribution in [0.2, 0.25) is 0 Å². The maximum absolute atomic E-state index is 14.0. The Kier molecular flexibility index (Phi) is 4.42. The van der Waals surface area contributed by atoms with Gasteiger partial charge >= 0.3 is 0 Å². The molecule has 1 aliphatic rings. The Balaban J connectivity index is 2.20. The molecule has 0 aliphatic carbocycles. The molecule has 0 aromatic heterocycles. The van der Waals surface area contributed by atoms with Gasteiger partial charge in [0, 0.05) is 25.6 Å². The summed E-state index contributed by atoms with van der Waals surface area (Å²) in [6.07, 6.45) is 0.215. The van der Waals surface area contributed by atoms with Gasteiger partial charge in [-0.1, -0.05) is 17.8 Å². The number of rotatable bonds is 3. The molecular weight excluding hydrogens is 284 g/mol. The lowest BCUT2D eigenvalue weighted by Gasteiger charge is -2.19. The van der Waals surface area contributed by atoms with Gasteiger partial charge in [-0.15, -0.1) is 0 Å². The molecule has 0 bridgehead atoms. The van der Waals surface area contributed by atoms with Crippen LogP contribution in [0.25, 0.3) is 0 Å². The van der Waals surface area contributed by atoms with Crippen LogP contribution in [0.5, 0.6) is 0 Å². The first kappa shape index (κ1) is 15.0. The van der Waals surface area contributed by atoms with Gasteiger partial charge in [-0.25, -0.2) is 8.78 Å². The molecule has 1 aliphatic heterocycles. The summed E-state index contributed by atoms with van der Waals surface area (Å²) < 4.78 is 27.8. The number of aryl methyl sites for hydroxylation is 1. The summed E-state index contributed by atoms with van der Waals surface area (Å²) >= 11 is 1.13. The molecule has 0 spiro atoms. The van der Waals surface area contributed by atoms with E-state index in [2.05, 4.69) is 0 Å². The number of benzene rings is 1. The second-order valence-electron chi connectivity index (χ2n) is 4.90. The number of hydrogen-bond acceptors (Lipinski definition) is 3. The summed E-state index contributed by atoms with van der Waals surface area (Å²) in [6.45, 7) is 3.23. The molecule has 1 aromatic rings. The zero-order valence-electron chi connectivity index (χ0n) is 11.3. The predicted molar refractivity (Wildman–Crippen MR) is 74.7 cm³/mol. The van der Waals surface area contributed by atoms with Crippen molar-refractivity contribution in [2.45, 2.75) is 20.3 Å². The van der Waals surface area contributed by atoms with Gasteiger partial charge in [0.15, 0.2) is 10.9 Å². The Morgan fingerprint density at radius 3 is 2.80 bits per heavy atom. The van der Waals surface area contributed by atoms with Crippen molar-refractivity contribution >= 4 is 28.5 Å². The van der Waals surface area contributed by atoms with Crippen LogP contribution in [-0.4, -0.2) is 23.3 Å². The minimum atomic E-state index is -0.735. The van der Waals surface area contributed by atoms with E-state index in [1.807, 2.05) is 0 Å². The summed E-state index contributed by atoms with van der Waals surface area (Å²) in [5.41, 5.74) is 0.0288. The highest BCUT2D eigenvalue weighted by Crippen LogP contribution is 2.32. The molecule has 0 saturated carbocycles. The fraction of sp³-hybridized carbons (Fsp3) is 0.429. The fourth-order valence-electron chi connectivity index (χ4n) is 2.23. The molecule has 3 nitrogen and oxygen atoms in total. The number of halogens is 2. The first-order valence-electron chi connectivity index (χ1n) is 6.28. The van der Waals surface area contributed by atoms with Crippen molar-refractivity contribution in [1.82, 2.24) is 0 Å². The van der Waals surface area contributed by atoms with Gasteiger partial charge in [0.2, 0.25) is 5.91 Å². The van der Waals surface area contributed by atoms with Gasteiger partial charge in [-0.2, -0.15) is 0 Å². The second-order valence-corrected chi connectivity index (χ2v) is 6.10. The summed E-state index contributed by atoms with van der Waals surface area (Å²) in [7, 11) is 0. The van der Waals surface area contributed by atoms with Crippen LogP contribution in [0.15, 0.2) is 12.1 Å². The monoisotopic (exact) mass is 299 g/mol. The van der Waals surface area contributed by atoms with E-state index in [4.69, 9.17) is 0 Å². The SMILES string of the molecule is CC(=O)SCC1CC(=O)N(c2c(F)ccc(C)c2F)C1. The van der Waals surface area contributed by atoms with E-state index in [9.17, 15) is 18.4 Å². The van der Waals surface area contributed by atoms with E-state index >= 15 is 0 Å². The largest absolute Gasteiger partial charge is 0.307 e. The van der Waals surface area contributed by atoms with Crippen molar-refractivity contribution in [3.63, 3.8) is 0 Å². The van der Waals surface area contributed by atoms with Crippen molar-refractivity contribution in [2.24, 2.45) is 5.92 Å². The molecular formula is C14H15F2NO2S. The Bertz CT molecular complexity index is 562. The second kappa shape index (κ2) is 5.91. The number of carbonyl (C=O) groups excluding carboxylic acids is 2. The Labute approximate surface area is 120 Å². The first-order chi connectivity index (χ1) is 9.40. The lowest BCUT2D eigenvalue weighted by Crippen LogP contribution is -2.27. The molecule has 0 radical (unpaired) electrons. The molecule has 1 atom stereocenters. The number of carbonyl (C=O) groups is 2. The summed E-state index contributed by atoms with van der Waals surface area (Å²) in [5.74, 6) is -1.30. The van der Waals surface area contributed by atoms with Crippen molar-refractivity contribution in [3.8, 4) is 0 Å². The highest BCUT2D eigenvalue weighted by atomic mass is 32.2. The van der Waals surface area contributed by atoms with E-state index in [1.54, 1.807) is 0 Å². The van der Waals surface area contributed by atoms with E-state index in [1.165, 1.54) is 26.0 Å². The van der Waals surface area contributed by atoms with Crippen molar-refractivity contribution in [1.29, 1.82) is 0 Å². The highest BCUT2D eigenvalue weighted by molar-refractivity contribution is 8.13. The summed E-state index contributed by atoms with van der Waals surface area (Å²) in [4.78, 5) is 24.0. The molecule has 1 unspecified atom stereocenters. The fourth-order valence-corrected chi connectivity index (χ4v) is 2.93. The van der Waals surface area contributed by atoms with Crippen molar-refractivity contribution < 1.29 is 18.4 Å². The van der Waals surface area contributed by atoms with Crippen LogP contribution in [-0.2, 0) is 9.59 Å². The average Bonchev–Trinajstić information content (AvgIpc) is 2.74. The lowest BCUT2D eigenvalue weighted by molar-refractivity contribution is -0.117. The number of anilines is 1. The molecule has 1 fully saturated rings. The van der Waals surface area contributed by atoms with Gasteiger partial charge in [0.05, 0.1) is 0 Å². The van der Waals surface area contributed by atoms with Crippen LogP contribution in [0.1, 0.15) is 18.9 Å². The molecule has 0 N–H and O–H groups in total. The average molecular weight is 299 g/mol. The van der Waals surface area contributed by atoms with E-state index in [0.717, 1.165) is 16.7 Å². The Hall–Kier alpha value is -1.43. The van der Waals surface area contributed by atoms with E-state index in [-0.39, 0.29) is 35.6 Å². The quantitative estimate of drug-likeness (QED) is 0.861. The minimum Gasteiger partial charge on any atom is -0.307 e. The Morgan fingerprint density at radius 1 is 1.45 bits per heavy atom. The molecule has 6 heteroatoms. The third-order valence-electron chi connectivity index (χ3n) is 3.26. The predicted octanol–water partition coefficient (Wildman–Crippen LogP) is 2.91. The zero-order valence-corrected chi connectivity index (χ0v) is 12.1. The Morgan fingerprint density at radius 2 is 2.15 bits per heavy atom. The van der Waals surface area contributed by atoms with Crippen LogP contribution >= 0.6 is 11.8 Å². The van der Waals surface area contributed by atoms with Gasteiger partial charge in [0.1, 0.15) is 11.5 Å². The van der Waals surface area contributed by atoms with Crippen LogP contribution in [0, 0.1) is 24.5 Å². The smallest absolute Gasteiger partial charge is 0.227 e. The first-order valence-corrected chi connectivity index (χ1v) is 7.27. The van der Waals surface area contributed by atoms with E-state index in [0.29, 0.717) is 11.3 Å². The molecule has 1 amide bonds. The summed E-state index contributed by atoms with van der Waals surface area (Å²) in [6, 6.07) is 2.51. The van der Waals surface area contributed by atoms with Crippen LogP contribution in [0.3, 0.4) is 0 Å². The van der Waals surface area contributed by atoms with Crippen LogP contribution in [0.4, 0.5) is 14.5 Å². The molecule has 2 rings (SSSR count). The zero-order chi connectivity index (χ0) is 14.9. The minimum absolute atomic E-state index is 0.0242. The number of thioether (sulfide) groups is 1. The third kappa shape index (κ3) is 3.00. The van der Waals surface area contributed by atoms with Crippen molar-refractivity contribution in [2.75, 3.05) is 17.2 Å². The summed E-state index contributed by atoms with van der Waals surface area (Å²) in [5, 5.41) is -0.0242. The van der Waals surface area contributed by atoms with Gasteiger partial charge in [-0.05, 0) is 24.5 Å². The maximum Gasteiger partial charge on any atom is 0.227 e. The lowest BCUT2D eigenvalue weighted by atomic mass is 10.1. The van der Waals surface area contributed by atoms with Gasteiger partial charge in [0.25, 0.3) is 0 Å². The third-order valence-corrected chi connectivity index (χ3v) is 4.30. The number of amides is 1. The molecule has 1 aromatic carbocycles. The van der Waals surface area contributed by atoms with Gasteiger partial charge < -0.3 is 4.90 Å². The molecule has 1 heterocycles. The maximum atomic E-state index is 14.0. The normalized spacial score (nSPS) is 18.7. The standard InChI is InChI=1S/C14H15F2NO2S/c1-8-3-4-11(15)14(13(8)16)17-6-10(5-12(17)19)7-20-9(2)18/h3-4,10H,5-7H2,1-2H3. The van der Waals surface area contributed by atoms with Crippen molar-refractivity contribution in [3.05, 3.63) is 29.3 Å². The number of hydrogen-bond donors (Lipinski definition) is 0. The number of nitrogens with zero attached hydrogens (tertiary/aromatic N) is 1. The highest BCUT2D eigenvalue weighted by Gasteiger charge is 2.34. The van der Waals surface area contributed by atoms with E-state index < -0.39 is 11.6 Å². The van der Waals surface area contributed by atoms with Crippen LogP contribution < -0.4 is 4.90 Å². The van der Waals surface area contributed by atoms with Gasteiger partial charge in [-0.3, -0.25) is 9.59 Å². The molecule has 1 saturated heterocycles. The molecule has 108 valence electrons. The topological polar surface area (TPSA) is 37.4 Å².